The van der Waals surface area contributed by atoms with Crippen molar-refractivity contribution in [1.29, 1.82) is 0 Å². The summed E-state index contributed by atoms with van der Waals surface area (Å²) < 4.78 is 10.7. The lowest BCUT2D eigenvalue weighted by molar-refractivity contribution is -0.119. The minimum absolute atomic E-state index is 0.0117. The lowest BCUT2D eigenvalue weighted by Crippen LogP contribution is -2.28. The Bertz CT molecular complexity index is 746. The summed E-state index contributed by atoms with van der Waals surface area (Å²) in [4.78, 5) is 13.5. The van der Waals surface area contributed by atoms with Crippen LogP contribution in [0.4, 0.5) is 0 Å². The molecule has 1 N–H and O–H groups in total. The van der Waals surface area contributed by atoms with Gasteiger partial charge in [-0.3, -0.25) is 4.79 Å². The first-order chi connectivity index (χ1) is 11.9. The quantitative estimate of drug-likeness (QED) is 0.749. The van der Waals surface area contributed by atoms with Gasteiger partial charge in [0, 0.05) is 10.5 Å². The monoisotopic (exact) mass is 359 g/mol. The minimum atomic E-state index is -0.169. The van der Waals surface area contributed by atoms with Crippen molar-refractivity contribution >= 4 is 17.7 Å². The van der Waals surface area contributed by atoms with Crippen LogP contribution in [0.5, 0.6) is 11.5 Å². The highest BCUT2D eigenvalue weighted by Gasteiger charge is 2.15. The van der Waals surface area contributed by atoms with Crippen molar-refractivity contribution < 1.29 is 14.3 Å². The third-order valence-electron chi connectivity index (χ3n) is 3.97. The van der Waals surface area contributed by atoms with Crippen molar-refractivity contribution in [2.45, 2.75) is 31.7 Å². The highest BCUT2D eigenvalue weighted by molar-refractivity contribution is 8.00. The number of rotatable bonds is 7. The molecule has 0 saturated carbocycles. The lowest BCUT2D eigenvalue weighted by atomic mass is 10.1. The Kier molecular flexibility index (Phi) is 6.76. The molecule has 0 radical (unpaired) electrons. The van der Waals surface area contributed by atoms with E-state index in [9.17, 15) is 4.79 Å². The van der Waals surface area contributed by atoms with Crippen molar-refractivity contribution in [3.63, 3.8) is 0 Å². The number of carbonyl (C=O) groups excluding carboxylic acids is 1. The van der Waals surface area contributed by atoms with Crippen LogP contribution in [0, 0.1) is 13.8 Å². The Morgan fingerprint density at radius 3 is 2.52 bits per heavy atom. The van der Waals surface area contributed by atoms with E-state index in [4.69, 9.17) is 9.47 Å². The van der Waals surface area contributed by atoms with Crippen molar-refractivity contribution in [3.05, 3.63) is 53.1 Å². The van der Waals surface area contributed by atoms with Crippen LogP contribution in [-0.2, 0) is 4.79 Å². The van der Waals surface area contributed by atoms with Crippen LogP contribution in [-0.4, -0.2) is 25.9 Å². The first-order valence-corrected chi connectivity index (χ1v) is 9.14. The van der Waals surface area contributed by atoms with Crippen LogP contribution in [0.15, 0.2) is 41.3 Å². The maximum absolute atomic E-state index is 12.3. The number of hydrogen-bond acceptors (Lipinski definition) is 4. The Labute approximate surface area is 153 Å². The van der Waals surface area contributed by atoms with Gasteiger partial charge < -0.3 is 14.8 Å². The number of amides is 1. The first-order valence-electron chi connectivity index (χ1n) is 8.16. The van der Waals surface area contributed by atoms with E-state index in [1.807, 2.05) is 25.1 Å². The number of benzene rings is 2. The second kappa shape index (κ2) is 8.81. The summed E-state index contributed by atoms with van der Waals surface area (Å²) in [6, 6.07) is 11.7. The molecule has 134 valence electrons. The van der Waals surface area contributed by atoms with E-state index in [0.29, 0.717) is 5.75 Å². The highest BCUT2D eigenvalue weighted by atomic mass is 32.2. The molecule has 4 nitrogen and oxygen atoms in total. The van der Waals surface area contributed by atoms with Gasteiger partial charge in [-0.1, -0.05) is 17.7 Å². The Balaban J connectivity index is 2.00. The molecule has 2 aromatic rings. The number of ether oxygens (including phenoxy) is 2. The van der Waals surface area contributed by atoms with E-state index < -0.39 is 0 Å². The summed E-state index contributed by atoms with van der Waals surface area (Å²) in [5.74, 6) is 1.83. The van der Waals surface area contributed by atoms with Gasteiger partial charge in [-0.2, -0.15) is 0 Å². The number of nitrogens with one attached hydrogen (secondary N) is 1. The van der Waals surface area contributed by atoms with Crippen molar-refractivity contribution in [2.75, 3.05) is 20.0 Å². The van der Waals surface area contributed by atoms with Gasteiger partial charge in [0.05, 0.1) is 26.0 Å². The summed E-state index contributed by atoms with van der Waals surface area (Å²) in [6.45, 7) is 6.07. The zero-order valence-corrected chi connectivity index (χ0v) is 16.2. The maximum Gasteiger partial charge on any atom is 0.230 e. The number of carbonyl (C=O) groups is 1. The second-order valence-electron chi connectivity index (χ2n) is 5.95. The highest BCUT2D eigenvalue weighted by Crippen LogP contribution is 2.29. The summed E-state index contributed by atoms with van der Waals surface area (Å²) in [5, 5.41) is 3.03. The zero-order chi connectivity index (χ0) is 18.4. The average molecular weight is 359 g/mol. The molecule has 0 fully saturated rings. The second-order valence-corrected chi connectivity index (χ2v) is 6.97. The Morgan fingerprint density at radius 2 is 1.88 bits per heavy atom. The van der Waals surface area contributed by atoms with E-state index in [2.05, 4.69) is 37.4 Å². The summed E-state index contributed by atoms with van der Waals surface area (Å²) in [5.41, 5.74) is 3.32. The van der Waals surface area contributed by atoms with Crippen LogP contribution in [0.1, 0.15) is 29.7 Å². The molecule has 0 saturated heterocycles. The van der Waals surface area contributed by atoms with E-state index >= 15 is 0 Å². The summed E-state index contributed by atoms with van der Waals surface area (Å²) >= 11 is 1.55. The fourth-order valence-corrected chi connectivity index (χ4v) is 3.46. The molecule has 0 heterocycles. The van der Waals surface area contributed by atoms with Gasteiger partial charge in [0.2, 0.25) is 5.91 Å². The standard InChI is InChI=1S/C20H25NO3S/c1-13-6-9-19(14(2)10-13)25-12-20(22)21-15(3)17-11-16(23-4)7-8-18(17)24-5/h6-11,15H,12H2,1-5H3,(H,21,22)/t15-/m0/s1. The molecule has 0 aromatic heterocycles. The topological polar surface area (TPSA) is 47.6 Å². The number of thioether (sulfide) groups is 1. The molecular weight excluding hydrogens is 334 g/mol. The average Bonchev–Trinajstić information content (AvgIpc) is 2.60. The molecular formula is C20H25NO3S. The third kappa shape index (κ3) is 5.16. The van der Waals surface area contributed by atoms with Crippen LogP contribution in [0.2, 0.25) is 0 Å². The van der Waals surface area contributed by atoms with Gasteiger partial charge in [0.1, 0.15) is 11.5 Å². The molecule has 2 aromatic carbocycles. The van der Waals surface area contributed by atoms with Crippen LogP contribution >= 0.6 is 11.8 Å². The van der Waals surface area contributed by atoms with E-state index in [-0.39, 0.29) is 11.9 Å². The lowest BCUT2D eigenvalue weighted by Gasteiger charge is -2.18. The first kappa shape index (κ1) is 19.2. The summed E-state index contributed by atoms with van der Waals surface area (Å²) in [7, 11) is 3.24. The molecule has 0 aliphatic carbocycles. The molecule has 0 aliphatic rings. The van der Waals surface area contributed by atoms with Crippen LogP contribution < -0.4 is 14.8 Å². The SMILES string of the molecule is COc1ccc(OC)c([C@H](C)NC(=O)CSc2ccc(C)cc2C)c1. The molecule has 0 unspecified atom stereocenters. The number of hydrogen-bond donors (Lipinski definition) is 1. The fourth-order valence-electron chi connectivity index (χ4n) is 2.64. The van der Waals surface area contributed by atoms with Gasteiger partial charge in [-0.05, 0) is 50.6 Å². The smallest absolute Gasteiger partial charge is 0.230 e. The van der Waals surface area contributed by atoms with Crippen molar-refractivity contribution in [3.8, 4) is 11.5 Å². The molecule has 2 rings (SSSR count). The Hall–Kier alpha value is -2.14. The van der Waals surface area contributed by atoms with E-state index in [1.54, 1.807) is 26.0 Å². The number of aryl methyl sites for hydroxylation is 2. The molecule has 0 bridgehead atoms. The predicted molar refractivity (Wildman–Crippen MR) is 103 cm³/mol. The molecule has 1 atom stereocenters. The number of methoxy groups -OCH3 is 2. The predicted octanol–water partition coefficient (Wildman–Crippen LogP) is 4.29. The zero-order valence-electron chi connectivity index (χ0n) is 15.4. The van der Waals surface area contributed by atoms with E-state index in [1.165, 1.54) is 11.1 Å². The molecule has 0 spiro atoms. The van der Waals surface area contributed by atoms with Crippen molar-refractivity contribution in [2.24, 2.45) is 0 Å². The van der Waals surface area contributed by atoms with Gasteiger partial charge in [0.15, 0.2) is 0 Å². The van der Waals surface area contributed by atoms with Gasteiger partial charge >= 0.3 is 0 Å². The van der Waals surface area contributed by atoms with Crippen LogP contribution in [0.25, 0.3) is 0 Å². The molecule has 25 heavy (non-hydrogen) atoms. The Morgan fingerprint density at radius 1 is 1.12 bits per heavy atom. The van der Waals surface area contributed by atoms with Crippen LogP contribution in [0.3, 0.4) is 0 Å². The fraction of sp³-hybridized carbons (Fsp3) is 0.350. The van der Waals surface area contributed by atoms with Gasteiger partial charge in [-0.15, -0.1) is 11.8 Å². The molecule has 1 amide bonds. The summed E-state index contributed by atoms with van der Waals surface area (Å²) in [6.07, 6.45) is 0. The maximum atomic E-state index is 12.3. The van der Waals surface area contributed by atoms with Gasteiger partial charge in [0.25, 0.3) is 0 Å². The normalized spacial score (nSPS) is 11.7. The molecule has 5 heteroatoms. The molecule has 0 aliphatic heterocycles. The largest absolute Gasteiger partial charge is 0.497 e. The van der Waals surface area contributed by atoms with Gasteiger partial charge in [-0.25, -0.2) is 0 Å². The minimum Gasteiger partial charge on any atom is -0.497 e. The van der Waals surface area contributed by atoms with Crippen molar-refractivity contribution in [1.82, 2.24) is 5.32 Å². The van der Waals surface area contributed by atoms with E-state index in [0.717, 1.165) is 22.0 Å². The third-order valence-corrected chi connectivity index (χ3v) is 5.15.